The predicted molar refractivity (Wildman–Crippen MR) is 111 cm³/mol. The quantitative estimate of drug-likeness (QED) is 0.664. The molecule has 1 saturated heterocycles. The standard InChI is InChI=1S/C20H22BrN3OS/c1-12(2)25-17-8-7-14(10-15(17)21)19-18(16-6-4-5-9-22-16)23-20-24(19)11-13(3)26-20/h4-10,12-13,18-19H,11H2,1-3H3/t13-,18+,19-/m1/s1. The van der Waals surface area contributed by atoms with Gasteiger partial charge in [0.2, 0.25) is 0 Å². The molecule has 2 aromatic rings. The van der Waals surface area contributed by atoms with Gasteiger partial charge in [-0.05, 0) is 59.6 Å². The summed E-state index contributed by atoms with van der Waals surface area (Å²) in [5, 5.41) is 1.70. The minimum absolute atomic E-state index is 0.0231. The average molecular weight is 432 g/mol. The van der Waals surface area contributed by atoms with Crippen molar-refractivity contribution in [1.82, 2.24) is 9.88 Å². The summed E-state index contributed by atoms with van der Waals surface area (Å²) in [4.78, 5) is 12.0. The van der Waals surface area contributed by atoms with Crippen molar-refractivity contribution in [2.45, 2.75) is 44.2 Å². The van der Waals surface area contributed by atoms with Crippen LogP contribution in [0.5, 0.6) is 5.75 Å². The first-order chi connectivity index (χ1) is 12.5. The van der Waals surface area contributed by atoms with Gasteiger partial charge in [-0.25, -0.2) is 0 Å². The van der Waals surface area contributed by atoms with Crippen LogP contribution in [0.3, 0.4) is 0 Å². The van der Waals surface area contributed by atoms with E-state index in [-0.39, 0.29) is 18.2 Å². The van der Waals surface area contributed by atoms with E-state index >= 15 is 0 Å². The van der Waals surface area contributed by atoms with E-state index in [0.717, 1.165) is 27.6 Å². The fourth-order valence-corrected chi connectivity index (χ4v) is 5.11. The highest BCUT2D eigenvalue weighted by Crippen LogP contribution is 2.48. The van der Waals surface area contributed by atoms with Gasteiger partial charge in [0.15, 0.2) is 5.17 Å². The molecule has 0 unspecified atom stereocenters. The molecule has 3 atom stereocenters. The second kappa shape index (κ2) is 7.24. The second-order valence-electron chi connectivity index (χ2n) is 6.99. The van der Waals surface area contributed by atoms with Crippen LogP contribution in [-0.2, 0) is 0 Å². The van der Waals surface area contributed by atoms with Crippen molar-refractivity contribution in [2.75, 3.05) is 6.54 Å². The van der Waals surface area contributed by atoms with Crippen molar-refractivity contribution in [3.8, 4) is 5.75 Å². The molecule has 6 heteroatoms. The average Bonchev–Trinajstić information content (AvgIpc) is 3.13. The Kier molecular flexibility index (Phi) is 4.97. The van der Waals surface area contributed by atoms with Crippen LogP contribution in [0.4, 0.5) is 0 Å². The van der Waals surface area contributed by atoms with E-state index in [1.165, 1.54) is 5.56 Å². The summed E-state index contributed by atoms with van der Waals surface area (Å²) in [7, 11) is 0. The van der Waals surface area contributed by atoms with Crippen molar-refractivity contribution >= 4 is 32.9 Å². The van der Waals surface area contributed by atoms with Crippen molar-refractivity contribution in [1.29, 1.82) is 0 Å². The number of ether oxygens (including phenoxy) is 1. The highest BCUT2D eigenvalue weighted by atomic mass is 79.9. The second-order valence-corrected chi connectivity index (χ2v) is 9.25. The van der Waals surface area contributed by atoms with E-state index in [2.05, 4.69) is 57.0 Å². The van der Waals surface area contributed by atoms with Crippen LogP contribution >= 0.6 is 27.7 Å². The Morgan fingerprint density at radius 2 is 2.12 bits per heavy atom. The van der Waals surface area contributed by atoms with Gasteiger partial charge in [-0.1, -0.05) is 30.8 Å². The summed E-state index contributed by atoms with van der Waals surface area (Å²) in [5.41, 5.74) is 2.25. The highest BCUT2D eigenvalue weighted by Gasteiger charge is 2.43. The Morgan fingerprint density at radius 1 is 1.27 bits per heavy atom. The fourth-order valence-electron chi connectivity index (χ4n) is 3.53. The molecule has 0 aliphatic carbocycles. The van der Waals surface area contributed by atoms with Gasteiger partial charge in [0.05, 0.1) is 22.3 Å². The molecule has 0 bridgehead atoms. The van der Waals surface area contributed by atoms with E-state index in [1.807, 2.05) is 43.9 Å². The zero-order valence-electron chi connectivity index (χ0n) is 15.1. The normalized spacial score (nSPS) is 24.7. The van der Waals surface area contributed by atoms with E-state index < -0.39 is 0 Å². The van der Waals surface area contributed by atoms with Gasteiger partial charge < -0.3 is 9.64 Å². The maximum atomic E-state index is 5.87. The monoisotopic (exact) mass is 431 g/mol. The van der Waals surface area contributed by atoms with Gasteiger partial charge in [-0.15, -0.1) is 0 Å². The fraction of sp³-hybridized carbons (Fsp3) is 0.400. The van der Waals surface area contributed by atoms with E-state index in [4.69, 9.17) is 9.73 Å². The van der Waals surface area contributed by atoms with Crippen molar-refractivity contribution in [3.63, 3.8) is 0 Å². The number of aliphatic imine (C=N–C) groups is 1. The molecular weight excluding hydrogens is 410 g/mol. The molecule has 0 amide bonds. The lowest BCUT2D eigenvalue weighted by Crippen LogP contribution is -2.28. The molecule has 4 nitrogen and oxygen atoms in total. The molecular formula is C20H22BrN3OS. The number of fused-ring (bicyclic) bond motifs is 1. The molecule has 0 N–H and O–H groups in total. The van der Waals surface area contributed by atoms with Crippen LogP contribution in [0.1, 0.15) is 44.1 Å². The molecule has 1 aromatic carbocycles. The van der Waals surface area contributed by atoms with Crippen LogP contribution < -0.4 is 4.74 Å². The molecule has 1 aromatic heterocycles. The van der Waals surface area contributed by atoms with E-state index in [9.17, 15) is 0 Å². The number of pyridine rings is 1. The van der Waals surface area contributed by atoms with Gasteiger partial charge in [-0.3, -0.25) is 9.98 Å². The van der Waals surface area contributed by atoms with Crippen LogP contribution in [0, 0.1) is 0 Å². The molecule has 2 aliphatic heterocycles. The maximum Gasteiger partial charge on any atom is 0.160 e. The summed E-state index contributed by atoms with van der Waals surface area (Å²) in [5.74, 6) is 0.876. The van der Waals surface area contributed by atoms with Crippen molar-refractivity contribution < 1.29 is 4.74 Å². The number of amidine groups is 1. The van der Waals surface area contributed by atoms with Crippen molar-refractivity contribution in [2.24, 2.45) is 4.99 Å². The van der Waals surface area contributed by atoms with Crippen LogP contribution in [0.25, 0.3) is 0 Å². The molecule has 2 aliphatic rings. The highest BCUT2D eigenvalue weighted by molar-refractivity contribution is 9.10. The lowest BCUT2D eigenvalue weighted by atomic mass is 9.96. The Hall–Kier alpha value is -1.53. The molecule has 4 rings (SSSR count). The van der Waals surface area contributed by atoms with Crippen LogP contribution in [0.2, 0.25) is 0 Å². The smallest absolute Gasteiger partial charge is 0.160 e. The van der Waals surface area contributed by atoms with E-state index in [1.54, 1.807) is 0 Å². The molecule has 0 spiro atoms. The van der Waals surface area contributed by atoms with Crippen LogP contribution in [-0.4, -0.2) is 33.0 Å². The third kappa shape index (κ3) is 3.37. The van der Waals surface area contributed by atoms with Gasteiger partial charge >= 0.3 is 0 Å². The Labute approximate surface area is 167 Å². The molecule has 1 fully saturated rings. The zero-order chi connectivity index (χ0) is 18.3. The van der Waals surface area contributed by atoms with Gasteiger partial charge in [0.1, 0.15) is 11.8 Å². The number of rotatable bonds is 4. The number of hydrogen-bond donors (Lipinski definition) is 0. The minimum atomic E-state index is 0.0231. The largest absolute Gasteiger partial charge is 0.490 e. The minimum Gasteiger partial charge on any atom is -0.490 e. The molecule has 136 valence electrons. The summed E-state index contributed by atoms with van der Waals surface area (Å²) < 4.78 is 6.86. The Bertz CT molecular complexity index is 827. The predicted octanol–water partition coefficient (Wildman–Crippen LogP) is 5.22. The first-order valence-corrected chi connectivity index (χ1v) is 10.6. The number of halogens is 1. The van der Waals surface area contributed by atoms with Gasteiger partial charge in [0, 0.05) is 18.0 Å². The molecule has 0 saturated carbocycles. The number of aromatic nitrogens is 1. The van der Waals surface area contributed by atoms with Gasteiger partial charge in [0.25, 0.3) is 0 Å². The summed E-state index contributed by atoms with van der Waals surface area (Å²) >= 11 is 5.54. The molecule has 26 heavy (non-hydrogen) atoms. The SMILES string of the molecule is CC(C)Oc1ccc([C@@H]2[C@H](c3ccccn3)N=C3S[C@H](C)CN32)cc1Br. The topological polar surface area (TPSA) is 37.7 Å². The number of thioether (sulfide) groups is 1. The summed E-state index contributed by atoms with van der Waals surface area (Å²) in [6, 6.07) is 12.6. The first kappa shape index (κ1) is 17.9. The molecule has 0 radical (unpaired) electrons. The van der Waals surface area contributed by atoms with Crippen LogP contribution in [0.15, 0.2) is 52.1 Å². The molecule has 3 heterocycles. The number of hydrogen-bond acceptors (Lipinski definition) is 5. The maximum absolute atomic E-state index is 5.87. The number of benzene rings is 1. The Morgan fingerprint density at radius 3 is 2.81 bits per heavy atom. The van der Waals surface area contributed by atoms with Gasteiger partial charge in [-0.2, -0.15) is 0 Å². The summed E-state index contributed by atoms with van der Waals surface area (Å²) in [6.07, 6.45) is 2.00. The van der Waals surface area contributed by atoms with E-state index in [0.29, 0.717) is 5.25 Å². The van der Waals surface area contributed by atoms with Crippen molar-refractivity contribution in [3.05, 3.63) is 58.3 Å². The number of nitrogens with zero attached hydrogens (tertiary/aromatic N) is 3. The lowest BCUT2D eigenvalue weighted by molar-refractivity contribution is 0.240. The third-order valence-corrected chi connectivity index (χ3v) is 6.26. The Balaban J connectivity index is 1.71. The third-order valence-electron chi connectivity index (χ3n) is 4.54. The lowest BCUT2D eigenvalue weighted by Gasteiger charge is -2.28. The first-order valence-electron chi connectivity index (χ1n) is 8.91. The zero-order valence-corrected chi connectivity index (χ0v) is 17.5. The summed E-state index contributed by atoms with van der Waals surface area (Å²) in [6.45, 7) is 7.35.